The van der Waals surface area contributed by atoms with Gasteiger partial charge in [0.05, 0.1) is 11.7 Å². The van der Waals surface area contributed by atoms with Gasteiger partial charge in [-0.15, -0.1) is 0 Å². The van der Waals surface area contributed by atoms with Gasteiger partial charge in [-0.3, -0.25) is 24.0 Å². The van der Waals surface area contributed by atoms with Gasteiger partial charge in [-0.2, -0.15) is 0 Å². The van der Waals surface area contributed by atoms with Crippen LogP contribution in [0.25, 0.3) is 10.9 Å². The number of primary amides is 1. The van der Waals surface area contributed by atoms with Crippen LogP contribution in [0.4, 0.5) is 8.78 Å². The minimum atomic E-state index is -3.04. The molecule has 3 aromatic carbocycles. The van der Waals surface area contributed by atoms with E-state index in [0.717, 1.165) is 24.6 Å². The number of carbonyl (C=O) groups excluding carboxylic acids is 5. The number of likely N-dealkylation sites (tertiary alicyclic amines) is 1. The molecule has 57 heavy (non-hydrogen) atoms. The molecule has 12 heteroatoms. The van der Waals surface area contributed by atoms with Crippen LogP contribution in [0.1, 0.15) is 92.5 Å². The molecule has 5 N–H and O–H groups in total. The van der Waals surface area contributed by atoms with Crippen molar-refractivity contribution >= 4 is 40.2 Å². The number of amides is 3. The van der Waals surface area contributed by atoms with Gasteiger partial charge in [-0.1, -0.05) is 80.6 Å². The highest BCUT2D eigenvalue weighted by atomic mass is 19.3. The third-order valence-corrected chi connectivity index (χ3v) is 11.5. The number of benzene rings is 3. The number of fused-ring (bicyclic) bond motifs is 2. The summed E-state index contributed by atoms with van der Waals surface area (Å²) in [6.45, 7) is 6.81. The van der Waals surface area contributed by atoms with Crippen molar-refractivity contribution in [2.75, 3.05) is 19.6 Å². The molecule has 302 valence electrons. The van der Waals surface area contributed by atoms with E-state index < -0.39 is 53.5 Å². The van der Waals surface area contributed by atoms with Gasteiger partial charge in [0.25, 0.3) is 5.92 Å². The first-order valence-electron chi connectivity index (χ1n) is 20.0. The van der Waals surface area contributed by atoms with Gasteiger partial charge in [-0.25, -0.2) is 8.78 Å². The van der Waals surface area contributed by atoms with Crippen LogP contribution in [0.3, 0.4) is 0 Å². The van der Waals surface area contributed by atoms with Crippen LogP contribution in [0.5, 0.6) is 0 Å². The number of nitrogens with zero attached hydrogens (tertiary/aromatic N) is 1. The molecule has 2 aliphatic rings. The Kier molecular flexibility index (Phi) is 13.0. The van der Waals surface area contributed by atoms with Gasteiger partial charge in [0.2, 0.25) is 17.7 Å². The number of ketones is 2. The van der Waals surface area contributed by atoms with E-state index in [0.29, 0.717) is 49.2 Å². The van der Waals surface area contributed by atoms with Crippen molar-refractivity contribution in [3.05, 3.63) is 107 Å². The van der Waals surface area contributed by atoms with E-state index in [1.807, 2.05) is 60.7 Å². The van der Waals surface area contributed by atoms with Gasteiger partial charge >= 0.3 is 0 Å². The Morgan fingerprint density at radius 1 is 0.912 bits per heavy atom. The van der Waals surface area contributed by atoms with Crippen molar-refractivity contribution in [3.8, 4) is 0 Å². The van der Waals surface area contributed by atoms with Crippen molar-refractivity contribution in [1.29, 1.82) is 0 Å². The lowest BCUT2D eigenvalue weighted by molar-refractivity contribution is -0.138. The molecule has 1 saturated carbocycles. The van der Waals surface area contributed by atoms with Crippen molar-refractivity contribution in [1.82, 2.24) is 20.5 Å². The number of nitrogens with two attached hydrogens (primary N) is 1. The summed E-state index contributed by atoms with van der Waals surface area (Å²) in [6.07, 6.45) is 1.51. The second-order valence-corrected chi connectivity index (χ2v) is 16.3. The van der Waals surface area contributed by atoms with Gasteiger partial charge in [0, 0.05) is 67.1 Å². The molecular weight excluding hydrogens is 729 g/mol. The van der Waals surface area contributed by atoms with Crippen molar-refractivity contribution in [2.45, 2.75) is 77.3 Å². The molecule has 5 atom stereocenters. The van der Waals surface area contributed by atoms with E-state index in [9.17, 15) is 32.8 Å². The number of hydrogen-bond donors (Lipinski definition) is 4. The van der Waals surface area contributed by atoms with Crippen molar-refractivity contribution in [3.63, 3.8) is 0 Å². The normalized spacial score (nSPS) is 20.9. The third kappa shape index (κ3) is 10.2. The first kappa shape index (κ1) is 41.4. The standard InChI is InChI=1S/C45H53F2N5O5/c1-27(2)25-52-21-20-28-14-16-34(40(28)42(55)32(26-52)24-38(53)37-23-31-22-33(45(3,46)47)15-17-35(31)49-37)43(56)50-36(18-19-39(48)54)44(57)51-41(29-10-6-4-7-11-29)30-12-8-5-9-13-30/h4-13,15,17,22-23,27-28,32,34,36,40-41,49H,14,16,18-21,24-26H2,1-3H3,(H2,48,54)(H,50,56)(H,51,57)/t28-,32+,34-,36+,40?/m1/s1. The molecule has 2 heterocycles. The van der Waals surface area contributed by atoms with Crippen LogP contribution < -0.4 is 16.4 Å². The summed E-state index contributed by atoms with van der Waals surface area (Å²) in [5, 5.41) is 6.47. The highest BCUT2D eigenvalue weighted by molar-refractivity contribution is 6.02. The fourth-order valence-electron chi connectivity index (χ4n) is 8.71. The van der Waals surface area contributed by atoms with E-state index in [-0.39, 0.29) is 48.0 Å². The Balaban J connectivity index is 1.23. The van der Waals surface area contributed by atoms with Crippen LogP contribution >= 0.6 is 0 Å². The molecule has 0 radical (unpaired) electrons. The molecule has 0 bridgehead atoms. The summed E-state index contributed by atoms with van der Waals surface area (Å²) in [6, 6.07) is 23.0. The Morgan fingerprint density at radius 3 is 2.19 bits per heavy atom. The Morgan fingerprint density at radius 2 is 1.58 bits per heavy atom. The zero-order valence-corrected chi connectivity index (χ0v) is 32.8. The molecule has 2 fully saturated rings. The fraction of sp³-hybridized carbons (Fsp3) is 0.444. The second kappa shape index (κ2) is 17.9. The third-order valence-electron chi connectivity index (χ3n) is 11.5. The predicted molar refractivity (Wildman–Crippen MR) is 214 cm³/mol. The van der Waals surface area contributed by atoms with Crippen LogP contribution in [0.15, 0.2) is 84.9 Å². The van der Waals surface area contributed by atoms with Crippen LogP contribution in [-0.4, -0.2) is 64.8 Å². The number of carbonyl (C=O) groups is 5. The van der Waals surface area contributed by atoms with E-state index >= 15 is 0 Å². The Hall–Kier alpha value is -5.23. The maximum Gasteiger partial charge on any atom is 0.270 e. The molecule has 3 amide bonds. The summed E-state index contributed by atoms with van der Waals surface area (Å²) < 4.78 is 28.1. The minimum absolute atomic E-state index is 0.0266. The summed E-state index contributed by atoms with van der Waals surface area (Å²) in [5.74, 6) is -6.95. The molecule has 6 rings (SSSR count). The number of H-pyrrole nitrogens is 1. The number of aromatic amines is 1. The molecular formula is C45H53F2N5O5. The number of aromatic nitrogens is 1. The Bertz CT molecular complexity index is 2020. The zero-order chi connectivity index (χ0) is 40.9. The average molecular weight is 782 g/mol. The van der Waals surface area contributed by atoms with Crippen LogP contribution in [-0.2, 0) is 25.1 Å². The van der Waals surface area contributed by atoms with Gasteiger partial charge in [-0.05, 0) is 73.4 Å². The highest BCUT2D eigenvalue weighted by Gasteiger charge is 2.48. The maximum atomic E-state index is 14.7. The van der Waals surface area contributed by atoms with Gasteiger partial charge in [0.1, 0.15) is 11.8 Å². The number of alkyl halides is 2. The molecule has 1 saturated heterocycles. The van der Waals surface area contributed by atoms with Crippen LogP contribution in [0.2, 0.25) is 0 Å². The summed E-state index contributed by atoms with van der Waals surface area (Å²) >= 11 is 0. The van der Waals surface area contributed by atoms with Crippen LogP contribution in [0, 0.1) is 29.6 Å². The highest BCUT2D eigenvalue weighted by Crippen LogP contribution is 2.43. The SMILES string of the molecule is CC(C)CN1CC[C@H]2CC[C@@H](C(=O)N[C@@H](CCC(N)=O)C(=O)NC(c3ccccc3)c3ccccc3)C2C(=O)[C@@H](CC(=O)c2cc3cc(C(C)(F)F)ccc3[nH]2)C1. The quantitative estimate of drug-likeness (QED) is 0.0986. The molecule has 1 unspecified atom stereocenters. The first-order valence-corrected chi connectivity index (χ1v) is 20.0. The van der Waals surface area contributed by atoms with E-state index in [1.54, 1.807) is 6.07 Å². The Labute approximate surface area is 332 Å². The summed E-state index contributed by atoms with van der Waals surface area (Å²) in [4.78, 5) is 74.1. The first-order chi connectivity index (χ1) is 27.2. The summed E-state index contributed by atoms with van der Waals surface area (Å²) in [7, 11) is 0. The lowest BCUT2D eigenvalue weighted by Gasteiger charge is -2.36. The van der Waals surface area contributed by atoms with Crippen molar-refractivity contribution in [2.24, 2.45) is 35.3 Å². The molecule has 4 aromatic rings. The number of Topliss-reactive ketones (excluding diaryl/α,β-unsaturated/α-hetero) is 2. The van der Waals surface area contributed by atoms with Crippen molar-refractivity contribution < 1.29 is 32.8 Å². The molecule has 1 aliphatic carbocycles. The number of halogens is 2. The molecule has 1 aromatic heterocycles. The van der Waals surface area contributed by atoms with Gasteiger partial charge in [0.15, 0.2) is 5.78 Å². The lowest BCUT2D eigenvalue weighted by Crippen LogP contribution is -2.51. The van der Waals surface area contributed by atoms with E-state index in [4.69, 9.17) is 5.73 Å². The number of hydrogen-bond acceptors (Lipinski definition) is 6. The van der Waals surface area contributed by atoms with E-state index in [1.165, 1.54) is 18.2 Å². The number of nitrogens with one attached hydrogen (secondary N) is 3. The van der Waals surface area contributed by atoms with E-state index in [2.05, 4.69) is 34.4 Å². The number of rotatable bonds is 15. The largest absolute Gasteiger partial charge is 0.370 e. The molecule has 1 aliphatic heterocycles. The molecule has 10 nitrogen and oxygen atoms in total. The second-order valence-electron chi connectivity index (χ2n) is 16.3. The smallest absolute Gasteiger partial charge is 0.270 e. The summed E-state index contributed by atoms with van der Waals surface area (Å²) in [5.41, 5.74) is 7.79. The minimum Gasteiger partial charge on any atom is -0.370 e. The van der Waals surface area contributed by atoms with Gasteiger partial charge < -0.3 is 26.3 Å². The lowest BCUT2D eigenvalue weighted by atomic mass is 9.76. The monoisotopic (exact) mass is 781 g/mol. The molecule has 0 spiro atoms. The average Bonchev–Trinajstić information content (AvgIpc) is 3.81. The zero-order valence-electron chi connectivity index (χ0n) is 32.8. The maximum absolute atomic E-state index is 14.7. The fourth-order valence-corrected chi connectivity index (χ4v) is 8.71. The predicted octanol–water partition coefficient (Wildman–Crippen LogP) is 6.70. The topological polar surface area (TPSA) is 154 Å².